The minimum atomic E-state index is -1.02. The number of anilines is 1. The number of hydroxylamine groups is 1. The third-order valence-corrected chi connectivity index (χ3v) is 5.75. The van der Waals surface area contributed by atoms with Gasteiger partial charge in [-0.2, -0.15) is 10.6 Å². The van der Waals surface area contributed by atoms with Crippen LogP contribution in [0.3, 0.4) is 0 Å². The lowest BCUT2D eigenvalue weighted by molar-refractivity contribution is -1.03. The van der Waals surface area contributed by atoms with Gasteiger partial charge in [-0.15, -0.1) is 0 Å². The second-order valence-electron chi connectivity index (χ2n) is 8.62. The molecule has 1 amide bonds. The normalized spacial score (nSPS) is 16.0. The fourth-order valence-corrected chi connectivity index (χ4v) is 3.49. The van der Waals surface area contributed by atoms with Crippen LogP contribution in [0.5, 0.6) is 5.88 Å². The van der Waals surface area contributed by atoms with Crippen molar-refractivity contribution in [3.05, 3.63) is 55.3 Å². The summed E-state index contributed by atoms with van der Waals surface area (Å²) >= 11 is 4.22. The first kappa shape index (κ1) is 26.3. The summed E-state index contributed by atoms with van der Waals surface area (Å²) in [5.41, 5.74) is 3.91. The summed E-state index contributed by atoms with van der Waals surface area (Å²) in [6.07, 6.45) is 9.94. The number of nitrogens with one attached hydrogen (secondary N) is 2. The van der Waals surface area contributed by atoms with Crippen molar-refractivity contribution in [1.82, 2.24) is 20.4 Å². The summed E-state index contributed by atoms with van der Waals surface area (Å²) < 4.78 is 4.70. The number of allylic oxidation sites excluding steroid dienone is 2. The van der Waals surface area contributed by atoms with Gasteiger partial charge >= 0.3 is 0 Å². The van der Waals surface area contributed by atoms with E-state index >= 15 is 0 Å². The van der Waals surface area contributed by atoms with Crippen LogP contribution in [0.1, 0.15) is 40.5 Å². The van der Waals surface area contributed by atoms with E-state index in [9.17, 15) is 10.0 Å². The van der Waals surface area contributed by atoms with Gasteiger partial charge in [0.25, 0.3) is 0 Å². The Labute approximate surface area is 210 Å². The highest BCUT2D eigenvalue weighted by molar-refractivity contribution is 7.74. The summed E-state index contributed by atoms with van der Waals surface area (Å²) in [6, 6.07) is 3.47. The van der Waals surface area contributed by atoms with E-state index in [1.54, 1.807) is 56.7 Å². The summed E-state index contributed by atoms with van der Waals surface area (Å²) in [5.74, 6) is 0.336. The van der Waals surface area contributed by atoms with Crippen molar-refractivity contribution in [2.75, 3.05) is 11.9 Å². The molecule has 1 saturated carbocycles. The van der Waals surface area contributed by atoms with Crippen molar-refractivity contribution in [3.8, 4) is 17.3 Å². The van der Waals surface area contributed by atoms with Crippen LogP contribution < -0.4 is 15.5 Å². The van der Waals surface area contributed by atoms with Crippen molar-refractivity contribution >= 4 is 30.1 Å². The second kappa shape index (κ2) is 11.0. The highest BCUT2D eigenvalue weighted by Gasteiger charge is 2.44. The fourth-order valence-electron chi connectivity index (χ4n) is 3.14. The quantitative estimate of drug-likeness (QED) is 0.159. The average molecular weight is 499 g/mol. The van der Waals surface area contributed by atoms with Crippen LogP contribution in [0.2, 0.25) is 0 Å². The summed E-state index contributed by atoms with van der Waals surface area (Å²) in [6.45, 7) is 11.6. The number of carbonyl (C=O) groups is 1. The van der Waals surface area contributed by atoms with Gasteiger partial charge in [-0.25, -0.2) is 9.98 Å². The summed E-state index contributed by atoms with van der Waals surface area (Å²) in [7, 11) is 0. The number of amides is 1. The van der Waals surface area contributed by atoms with Gasteiger partial charge in [0.1, 0.15) is 18.5 Å². The lowest BCUT2D eigenvalue weighted by Crippen LogP contribution is -2.48. The lowest BCUT2D eigenvalue weighted by atomic mass is 9.85. The van der Waals surface area contributed by atoms with E-state index in [4.69, 9.17) is 4.74 Å². The number of hydrogen-bond acceptors (Lipinski definition) is 9. The first-order valence-electron chi connectivity index (χ1n) is 11.3. The molecule has 2 aromatic rings. The Morgan fingerprint density at radius 1 is 1.34 bits per heavy atom. The molecule has 0 saturated heterocycles. The highest BCUT2D eigenvalue weighted by atomic mass is 32.1. The molecule has 2 aromatic heterocycles. The average Bonchev–Trinajstić information content (AvgIpc) is 3.66. The number of rotatable bonds is 11. The number of nitrogens with zero attached hydrogens (tertiary/aromatic N) is 5. The molecule has 1 fully saturated rings. The smallest absolute Gasteiger partial charge is 0.236 e. The summed E-state index contributed by atoms with van der Waals surface area (Å²) in [5, 5.41) is 13.2. The molecule has 186 valence electrons. The molecule has 3 N–H and O–H groups in total. The molecule has 0 bridgehead atoms. The van der Waals surface area contributed by atoms with Crippen LogP contribution in [0.4, 0.5) is 5.69 Å². The number of quaternary nitrogens is 1. The molecule has 0 aromatic carbocycles. The van der Waals surface area contributed by atoms with E-state index in [1.807, 2.05) is 13.8 Å². The van der Waals surface area contributed by atoms with Gasteiger partial charge in [0, 0.05) is 12.8 Å². The highest BCUT2D eigenvalue weighted by Crippen LogP contribution is 2.32. The molecule has 1 aliphatic carbocycles. The number of thiol groups is 1. The second-order valence-corrected chi connectivity index (χ2v) is 9.23. The lowest BCUT2D eigenvalue weighted by Gasteiger charge is -2.26. The fraction of sp³-hybridized carbons (Fsp3) is 0.375. The van der Waals surface area contributed by atoms with Gasteiger partial charge in [-0.3, -0.25) is 14.8 Å². The topological polar surface area (TPSA) is 122 Å². The van der Waals surface area contributed by atoms with Gasteiger partial charge in [-0.1, -0.05) is 12.7 Å². The van der Waals surface area contributed by atoms with Crippen molar-refractivity contribution in [2.45, 2.75) is 46.6 Å². The number of aliphatic imine (C=N–C) groups is 1. The van der Waals surface area contributed by atoms with Gasteiger partial charge in [-0.05, 0) is 50.1 Å². The predicted octanol–water partition coefficient (Wildman–Crippen LogP) is 4.11. The maximum Gasteiger partial charge on any atom is 0.236 e. The van der Waals surface area contributed by atoms with E-state index in [0.717, 1.165) is 12.8 Å². The molecule has 1 unspecified atom stereocenters. The molecule has 0 aliphatic heterocycles. The van der Waals surface area contributed by atoms with Crippen LogP contribution in [-0.2, 0) is 4.79 Å². The van der Waals surface area contributed by atoms with Crippen molar-refractivity contribution in [2.24, 2.45) is 10.4 Å². The molecule has 11 heteroatoms. The Hall–Kier alpha value is -3.28. The SMILES string of the molecule is C=C(/N=C(\C=C/C)C(C)(C)C(=O)Nc1ccc(-c2cncc(OCC)n2)nc1)N[N+](O)(S)C1CC1. The molecule has 10 nitrogen and oxygen atoms in total. The van der Waals surface area contributed by atoms with E-state index < -0.39 is 9.58 Å². The standard InChI is InChI=1S/C24H31N7O3S/c1-6-8-21(27-16(3)30-31(33,35)18-10-11-18)24(4,5)23(32)28-17-9-12-19(26-13-17)20-14-25-15-22(29-20)34-7-2/h6,8-9,12-15,18,30,33,35H,3,7,10-11H2,1-2,4-5H3/p+1/b8-6-,27-21+. The maximum atomic E-state index is 13.2. The third kappa shape index (κ3) is 6.87. The zero-order valence-corrected chi connectivity index (χ0v) is 21.3. The molecule has 3 rings (SSSR count). The zero-order chi connectivity index (χ0) is 25.6. The zero-order valence-electron chi connectivity index (χ0n) is 20.4. The van der Waals surface area contributed by atoms with Gasteiger partial charge in [0.15, 0.2) is 11.9 Å². The van der Waals surface area contributed by atoms with Crippen LogP contribution >= 0.6 is 12.8 Å². The maximum absolute atomic E-state index is 13.2. The van der Waals surface area contributed by atoms with E-state index in [2.05, 4.69) is 50.1 Å². The number of pyridine rings is 1. The molecule has 35 heavy (non-hydrogen) atoms. The van der Waals surface area contributed by atoms with Crippen LogP contribution in [0, 0.1) is 5.41 Å². The minimum Gasteiger partial charge on any atom is -0.477 e. The number of hydrogen-bond donors (Lipinski definition) is 4. The molecular formula is C24H32N7O3S+. The third-order valence-electron chi connectivity index (χ3n) is 5.33. The Kier molecular flexibility index (Phi) is 8.26. The van der Waals surface area contributed by atoms with Gasteiger partial charge in [0.05, 0.1) is 47.7 Å². The molecule has 2 heterocycles. The minimum absolute atomic E-state index is 0.0187. The van der Waals surface area contributed by atoms with E-state index in [1.165, 1.54) is 0 Å². The summed E-state index contributed by atoms with van der Waals surface area (Å²) in [4.78, 5) is 30.6. The van der Waals surface area contributed by atoms with Crippen LogP contribution in [0.15, 0.2) is 60.3 Å². The van der Waals surface area contributed by atoms with Gasteiger partial charge in [0.2, 0.25) is 11.8 Å². The Morgan fingerprint density at radius 2 is 2.09 bits per heavy atom. The number of carbonyl (C=O) groups excluding carboxylic acids is 1. The van der Waals surface area contributed by atoms with Gasteiger partial charge < -0.3 is 10.1 Å². The molecule has 0 radical (unpaired) electrons. The molecule has 0 spiro atoms. The van der Waals surface area contributed by atoms with Crippen LogP contribution in [0.25, 0.3) is 11.4 Å². The van der Waals surface area contributed by atoms with E-state index in [-0.39, 0.29) is 17.8 Å². The van der Waals surface area contributed by atoms with Crippen molar-refractivity contribution in [1.29, 1.82) is 0 Å². The Bertz CT molecular complexity index is 1130. The van der Waals surface area contributed by atoms with Crippen LogP contribution in [-0.4, -0.2) is 48.6 Å². The van der Waals surface area contributed by atoms with Crippen molar-refractivity contribution in [3.63, 3.8) is 0 Å². The molecular weight excluding hydrogens is 466 g/mol. The number of ether oxygens (including phenoxy) is 1. The first-order chi connectivity index (χ1) is 16.6. The van der Waals surface area contributed by atoms with Crippen molar-refractivity contribution < 1.29 is 18.9 Å². The Morgan fingerprint density at radius 3 is 2.69 bits per heavy atom. The largest absolute Gasteiger partial charge is 0.477 e. The number of aromatic nitrogens is 3. The monoisotopic (exact) mass is 498 g/mol. The molecule has 1 aliphatic rings. The molecule has 1 atom stereocenters. The van der Waals surface area contributed by atoms with E-state index in [0.29, 0.717) is 35.3 Å². The predicted molar refractivity (Wildman–Crippen MR) is 137 cm³/mol. The first-order valence-corrected chi connectivity index (χ1v) is 11.7. The Balaban J connectivity index is 1.72.